The molecule has 0 radical (unpaired) electrons. The average Bonchev–Trinajstić information content (AvgIpc) is 3.05. The Balaban J connectivity index is 1.78. The summed E-state index contributed by atoms with van der Waals surface area (Å²) in [5.41, 5.74) is 2.72. The van der Waals surface area contributed by atoms with Crippen molar-refractivity contribution in [2.24, 2.45) is 0 Å². The maximum atomic E-state index is 12.3. The van der Waals surface area contributed by atoms with Crippen molar-refractivity contribution in [3.8, 4) is 5.75 Å². The van der Waals surface area contributed by atoms with Crippen LogP contribution in [0.4, 0.5) is 0 Å². The van der Waals surface area contributed by atoms with E-state index in [0.717, 1.165) is 22.2 Å². The molecule has 1 atom stereocenters. The number of nitrogens with one attached hydrogen (secondary N) is 2. The van der Waals surface area contributed by atoms with E-state index in [4.69, 9.17) is 9.15 Å². The summed E-state index contributed by atoms with van der Waals surface area (Å²) < 4.78 is 11.1. The third-order valence-corrected chi connectivity index (χ3v) is 4.28. The number of aromatic amines is 1. The predicted octanol–water partition coefficient (Wildman–Crippen LogP) is 2.95. The summed E-state index contributed by atoms with van der Waals surface area (Å²) in [4.78, 5) is 31.3. The molecule has 0 saturated carbocycles. The first kappa shape index (κ1) is 18.7. The number of benzene rings is 1. The van der Waals surface area contributed by atoms with Crippen molar-refractivity contribution >= 4 is 16.9 Å². The van der Waals surface area contributed by atoms with Crippen molar-refractivity contribution in [3.63, 3.8) is 0 Å². The third-order valence-electron chi connectivity index (χ3n) is 4.28. The van der Waals surface area contributed by atoms with E-state index in [2.05, 4.69) is 15.3 Å². The van der Waals surface area contributed by atoms with E-state index in [-0.39, 0.29) is 18.6 Å². The van der Waals surface area contributed by atoms with Gasteiger partial charge in [0.25, 0.3) is 5.91 Å². The highest BCUT2D eigenvalue weighted by Crippen LogP contribution is 2.30. The van der Waals surface area contributed by atoms with Gasteiger partial charge in [0, 0.05) is 18.0 Å². The topological polar surface area (TPSA) is 97.2 Å². The lowest BCUT2D eigenvalue weighted by Crippen LogP contribution is -2.31. The Kier molecular flexibility index (Phi) is 5.30. The van der Waals surface area contributed by atoms with Crippen molar-refractivity contribution in [2.75, 3.05) is 6.61 Å². The molecule has 7 heteroatoms. The normalized spacial score (nSPS) is 12.1. The average molecular weight is 369 g/mol. The van der Waals surface area contributed by atoms with Gasteiger partial charge < -0.3 is 19.5 Å². The smallest absolute Gasteiger partial charge is 0.336 e. The van der Waals surface area contributed by atoms with Gasteiger partial charge in [0.05, 0.1) is 11.4 Å². The van der Waals surface area contributed by atoms with Crippen LogP contribution in [-0.2, 0) is 11.2 Å². The molecule has 0 fully saturated rings. The number of rotatable bonds is 6. The van der Waals surface area contributed by atoms with Gasteiger partial charge in [-0.2, -0.15) is 0 Å². The number of nitrogens with zero attached hydrogens (tertiary/aromatic N) is 1. The highest BCUT2D eigenvalue weighted by molar-refractivity contribution is 5.88. The van der Waals surface area contributed by atoms with Gasteiger partial charge >= 0.3 is 5.63 Å². The summed E-state index contributed by atoms with van der Waals surface area (Å²) in [6.45, 7) is 7.44. The lowest BCUT2D eigenvalue weighted by atomic mass is 10.1. The maximum absolute atomic E-state index is 12.3. The minimum atomic E-state index is -0.392. The minimum Gasteiger partial charge on any atom is -0.483 e. The summed E-state index contributed by atoms with van der Waals surface area (Å²) in [7, 11) is 0. The Hall–Kier alpha value is -3.09. The van der Waals surface area contributed by atoms with Gasteiger partial charge in [-0.3, -0.25) is 4.79 Å². The summed E-state index contributed by atoms with van der Waals surface area (Å²) in [5.74, 6) is 0.959. The van der Waals surface area contributed by atoms with Crippen LogP contribution in [0.2, 0.25) is 0 Å². The highest BCUT2D eigenvalue weighted by atomic mass is 16.5. The summed E-state index contributed by atoms with van der Waals surface area (Å²) in [5, 5.41) is 3.58. The van der Waals surface area contributed by atoms with Gasteiger partial charge in [0.1, 0.15) is 17.2 Å². The highest BCUT2D eigenvalue weighted by Gasteiger charge is 2.15. The number of carbonyl (C=O) groups is 1. The molecule has 27 heavy (non-hydrogen) atoms. The maximum Gasteiger partial charge on any atom is 0.336 e. The molecule has 1 amide bonds. The second-order valence-corrected chi connectivity index (χ2v) is 6.61. The number of aromatic nitrogens is 2. The molecule has 2 N–H and O–H groups in total. The van der Waals surface area contributed by atoms with Crippen LogP contribution in [0, 0.1) is 13.8 Å². The number of imidazole rings is 1. The molecule has 0 saturated heterocycles. The van der Waals surface area contributed by atoms with Crippen LogP contribution in [0.3, 0.4) is 0 Å². The summed E-state index contributed by atoms with van der Waals surface area (Å²) >= 11 is 0. The monoisotopic (exact) mass is 369 g/mol. The lowest BCUT2D eigenvalue weighted by Gasteiger charge is -2.14. The number of amides is 1. The zero-order chi connectivity index (χ0) is 19.6. The zero-order valence-corrected chi connectivity index (χ0v) is 15.9. The summed E-state index contributed by atoms with van der Waals surface area (Å²) in [6.07, 6.45) is 2.37. The number of carbonyl (C=O) groups excluding carboxylic acids is 1. The quantitative estimate of drug-likeness (QED) is 0.651. The predicted molar refractivity (Wildman–Crippen MR) is 102 cm³/mol. The van der Waals surface area contributed by atoms with Crippen molar-refractivity contribution in [1.82, 2.24) is 15.3 Å². The fraction of sp³-hybridized carbons (Fsp3) is 0.350. The van der Waals surface area contributed by atoms with Crippen LogP contribution < -0.4 is 15.7 Å². The third kappa shape index (κ3) is 4.19. The molecule has 1 unspecified atom stereocenters. The number of H-pyrrole nitrogens is 1. The molecule has 0 aliphatic rings. The Morgan fingerprint density at radius 1 is 1.33 bits per heavy atom. The van der Waals surface area contributed by atoms with Crippen LogP contribution in [0.5, 0.6) is 5.75 Å². The Bertz CT molecular complexity index is 1040. The molecule has 0 aliphatic carbocycles. The van der Waals surface area contributed by atoms with Crippen LogP contribution in [0.15, 0.2) is 33.6 Å². The summed E-state index contributed by atoms with van der Waals surface area (Å²) in [6, 6.07) is 4.85. The molecular formula is C20H23N3O4. The van der Waals surface area contributed by atoms with Crippen LogP contribution in [-0.4, -0.2) is 22.5 Å². The molecule has 0 bridgehead atoms. The van der Waals surface area contributed by atoms with E-state index < -0.39 is 5.63 Å². The standard InChI is InChI=1S/C20H23N3O4/c1-5-14-8-18(25)27-16-7-11(2)6-15(19(14)16)26-10-17(24)23-13(4)20-21-9-12(3)22-20/h6-9,13H,5,10H2,1-4H3,(H,21,22)(H,23,24). The zero-order valence-electron chi connectivity index (χ0n) is 15.9. The van der Waals surface area contributed by atoms with Gasteiger partial charge in [0.2, 0.25) is 0 Å². The molecule has 2 heterocycles. The van der Waals surface area contributed by atoms with E-state index in [9.17, 15) is 9.59 Å². The molecule has 2 aromatic heterocycles. The van der Waals surface area contributed by atoms with Gasteiger partial charge in [-0.25, -0.2) is 9.78 Å². The second-order valence-electron chi connectivity index (χ2n) is 6.61. The number of hydrogen-bond donors (Lipinski definition) is 2. The van der Waals surface area contributed by atoms with Crippen molar-refractivity contribution in [1.29, 1.82) is 0 Å². The Morgan fingerprint density at radius 2 is 2.11 bits per heavy atom. The van der Waals surface area contributed by atoms with Crippen LogP contribution in [0.25, 0.3) is 11.0 Å². The molecule has 0 spiro atoms. The number of hydrogen-bond acceptors (Lipinski definition) is 5. The fourth-order valence-electron chi connectivity index (χ4n) is 3.01. The van der Waals surface area contributed by atoms with Gasteiger partial charge in [-0.15, -0.1) is 0 Å². The number of fused-ring (bicyclic) bond motifs is 1. The Morgan fingerprint density at radius 3 is 2.78 bits per heavy atom. The van der Waals surface area contributed by atoms with E-state index in [1.165, 1.54) is 6.07 Å². The van der Waals surface area contributed by atoms with Crippen molar-refractivity contribution < 1.29 is 13.9 Å². The first-order chi connectivity index (χ1) is 12.9. The molecule has 1 aromatic carbocycles. The van der Waals surface area contributed by atoms with Crippen LogP contribution >= 0.6 is 0 Å². The van der Waals surface area contributed by atoms with E-state index in [1.54, 1.807) is 12.3 Å². The molecule has 0 aliphatic heterocycles. The molecule has 3 aromatic rings. The van der Waals surface area contributed by atoms with Gasteiger partial charge in [-0.1, -0.05) is 6.92 Å². The first-order valence-corrected chi connectivity index (χ1v) is 8.88. The van der Waals surface area contributed by atoms with E-state index in [1.807, 2.05) is 33.8 Å². The van der Waals surface area contributed by atoms with Crippen molar-refractivity contribution in [3.05, 3.63) is 57.5 Å². The lowest BCUT2D eigenvalue weighted by molar-refractivity contribution is -0.123. The van der Waals surface area contributed by atoms with Crippen molar-refractivity contribution in [2.45, 2.75) is 40.2 Å². The van der Waals surface area contributed by atoms with Gasteiger partial charge in [-0.05, 0) is 50.5 Å². The van der Waals surface area contributed by atoms with Crippen LogP contribution in [0.1, 0.15) is 42.5 Å². The molecule has 7 nitrogen and oxygen atoms in total. The Labute approximate surface area is 156 Å². The minimum absolute atomic E-state index is 0.148. The van der Waals surface area contributed by atoms with Gasteiger partial charge in [0.15, 0.2) is 6.61 Å². The molecule has 3 rings (SSSR count). The fourth-order valence-corrected chi connectivity index (χ4v) is 3.01. The number of ether oxygens (including phenoxy) is 1. The number of aryl methyl sites for hydroxylation is 3. The SMILES string of the molecule is CCc1cc(=O)oc2cc(C)cc(OCC(=O)NC(C)c3ncc(C)[nH]3)c12. The molecule has 142 valence electrons. The largest absolute Gasteiger partial charge is 0.483 e. The van der Waals surface area contributed by atoms with E-state index >= 15 is 0 Å². The first-order valence-electron chi connectivity index (χ1n) is 8.88. The molecular weight excluding hydrogens is 346 g/mol. The van der Waals surface area contributed by atoms with E-state index in [0.29, 0.717) is 23.6 Å². The second kappa shape index (κ2) is 7.65.